The summed E-state index contributed by atoms with van der Waals surface area (Å²) in [6.07, 6.45) is 3.77. The topological polar surface area (TPSA) is 29.0 Å². The maximum atomic E-state index is 4.54. The summed E-state index contributed by atoms with van der Waals surface area (Å²) in [6.45, 7) is 4.57. The van der Waals surface area contributed by atoms with E-state index in [2.05, 4.69) is 64.3 Å². The van der Waals surface area contributed by atoms with Gasteiger partial charge in [0.2, 0.25) is 0 Å². The van der Waals surface area contributed by atoms with E-state index in [0.29, 0.717) is 0 Å². The van der Waals surface area contributed by atoms with Gasteiger partial charge in [0.15, 0.2) is 0 Å². The summed E-state index contributed by atoms with van der Waals surface area (Å²) in [5, 5.41) is 0. The normalized spacial score (nSPS) is 10.9. The molecule has 23 heavy (non-hydrogen) atoms. The molecule has 0 atom stereocenters. The van der Waals surface area contributed by atoms with Crippen molar-refractivity contribution in [3.8, 4) is 0 Å². The highest BCUT2D eigenvalue weighted by Gasteiger charge is 2.09. The van der Waals surface area contributed by atoms with E-state index in [4.69, 9.17) is 0 Å². The molecule has 0 amide bonds. The third kappa shape index (κ3) is 4.73. The van der Waals surface area contributed by atoms with Crippen LogP contribution in [0.2, 0.25) is 0 Å². The van der Waals surface area contributed by atoms with Crippen molar-refractivity contribution < 1.29 is 0 Å². The predicted octanol–water partition coefficient (Wildman–Crippen LogP) is 3.99. The molecule has 0 bridgehead atoms. The summed E-state index contributed by atoms with van der Waals surface area (Å²) in [5.41, 5.74) is 4.65. The van der Waals surface area contributed by atoms with Gasteiger partial charge in [-0.15, -0.1) is 0 Å². The predicted molar refractivity (Wildman–Crippen MR) is 92.6 cm³/mol. The fourth-order valence-corrected chi connectivity index (χ4v) is 2.55. The third-order valence-electron chi connectivity index (χ3n) is 3.72. The van der Waals surface area contributed by atoms with Gasteiger partial charge in [0.05, 0.1) is 11.4 Å². The molecule has 0 fully saturated rings. The summed E-state index contributed by atoms with van der Waals surface area (Å²) in [7, 11) is 0. The lowest BCUT2D eigenvalue weighted by molar-refractivity contribution is 0.241. The lowest BCUT2D eigenvalue weighted by Crippen LogP contribution is -2.23. The fourth-order valence-electron chi connectivity index (χ4n) is 2.55. The van der Waals surface area contributed by atoms with E-state index in [1.54, 1.807) is 0 Å². The molecule has 2 aromatic heterocycles. The second kappa shape index (κ2) is 7.65. The fraction of sp³-hybridized carbons (Fsp3) is 0.200. The van der Waals surface area contributed by atoms with Gasteiger partial charge in [0.25, 0.3) is 0 Å². The molecule has 0 saturated heterocycles. The van der Waals surface area contributed by atoms with E-state index in [9.17, 15) is 0 Å². The zero-order valence-electron chi connectivity index (χ0n) is 13.4. The van der Waals surface area contributed by atoms with Crippen molar-refractivity contribution in [3.05, 3.63) is 95.6 Å². The average Bonchev–Trinajstić information content (AvgIpc) is 2.59. The molecule has 3 rings (SSSR count). The van der Waals surface area contributed by atoms with E-state index >= 15 is 0 Å². The zero-order chi connectivity index (χ0) is 15.9. The number of aryl methyl sites for hydroxylation is 1. The van der Waals surface area contributed by atoms with Crippen LogP contribution in [0, 0.1) is 6.92 Å². The first kappa shape index (κ1) is 15.4. The summed E-state index contributed by atoms with van der Waals surface area (Å²) in [4.78, 5) is 11.4. The molecule has 0 N–H and O–H groups in total. The number of aromatic nitrogens is 2. The summed E-state index contributed by atoms with van der Waals surface area (Å²) >= 11 is 0. The molecule has 3 nitrogen and oxygen atoms in total. The number of benzene rings is 1. The van der Waals surface area contributed by atoms with Crippen molar-refractivity contribution in [2.24, 2.45) is 0 Å². The standard InChI is InChI=1S/C20H21N3/c1-17-10-11-20(22-13-17)16-23(14-18-7-3-2-4-8-18)15-19-9-5-6-12-21-19/h2-13H,14-16H2,1H3. The number of hydrogen-bond acceptors (Lipinski definition) is 3. The zero-order valence-corrected chi connectivity index (χ0v) is 13.4. The first-order valence-electron chi connectivity index (χ1n) is 7.87. The first-order chi connectivity index (χ1) is 11.3. The van der Waals surface area contributed by atoms with E-state index in [1.807, 2.05) is 30.6 Å². The minimum absolute atomic E-state index is 0.811. The summed E-state index contributed by atoms with van der Waals surface area (Å²) in [5.74, 6) is 0. The lowest BCUT2D eigenvalue weighted by atomic mass is 10.2. The van der Waals surface area contributed by atoms with Crippen LogP contribution in [-0.2, 0) is 19.6 Å². The van der Waals surface area contributed by atoms with Gasteiger partial charge in [-0.05, 0) is 36.2 Å². The molecule has 0 saturated carbocycles. The Morgan fingerprint density at radius 1 is 0.739 bits per heavy atom. The number of hydrogen-bond donors (Lipinski definition) is 0. The molecule has 3 aromatic rings. The van der Waals surface area contributed by atoms with Crippen LogP contribution in [0.3, 0.4) is 0 Å². The maximum Gasteiger partial charge on any atom is 0.0544 e. The molecule has 1 aromatic carbocycles. The first-order valence-corrected chi connectivity index (χ1v) is 7.87. The molecular weight excluding hydrogens is 282 g/mol. The molecule has 0 aliphatic carbocycles. The van der Waals surface area contributed by atoms with Crippen molar-refractivity contribution in [2.45, 2.75) is 26.6 Å². The molecule has 0 aliphatic heterocycles. The van der Waals surface area contributed by atoms with Crippen LogP contribution in [0.5, 0.6) is 0 Å². The molecule has 0 spiro atoms. The highest BCUT2D eigenvalue weighted by molar-refractivity contribution is 5.16. The minimum atomic E-state index is 0.811. The molecule has 2 heterocycles. The van der Waals surface area contributed by atoms with E-state index in [-0.39, 0.29) is 0 Å². The maximum absolute atomic E-state index is 4.54. The molecular formula is C20H21N3. The van der Waals surface area contributed by atoms with Gasteiger partial charge in [-0.3, -0.25) is 14.9 Å². The monoisotopic (exact) mass is 303 g/mol. The van der Waals surface area contributed by atoms with Gasteiger partial charge >= 0.3 is 0 Å². The Labute approximate surface area is 137 Å². The average molecular weight is 303 g/mol. The van der Waals surface area contributed by atoms with Gasteiger partial charge in [0, 0.05) is 32.0 Å². The van der Waals surface area contributed by atoms with Crippen molar-refractivity contribution >= 4 is 0 Å². The minimum Gasteiger partial charge on any atom is -0.287 e. The van der Waals surface area contributed by atoms with Gasteiger partial charge in [-0.25, -0.2) is 0 Å². The lowest BCUT2D eigenvalue weighted by Gasteiger charge is -2.22. The van der Waals surface area contributed by atoms with Crippen molar-refractivity contribution in [1.29, 1.82) is 0 Å². The Hall–Kier alpha value is -2.52. The van der Waals surface area contributed by atoms with Crippen molar-refractivity contribution in [1.82, 2.24) is 14.9 Å². The van der Waals surface area contributed by atoms with Crippen molar-refractivity contribution in [3.63, 3.8) is 0 Å². The van der Waals surface area contributed by atoms with Crippen LogP contribution in [0.1, 0.15) is 22.5 Å². The summed E-state index contributed by atoms with van der Waals surface area (Å²) < 4.78 is 0. The summed E-state index contributed by atoms with van der Waals surface area (Å²) in [6, 6.07) is 20.8. The van der Waals surface area contributed by atoms with E-state index < -0.39 is 0 Å². The van der Waals surface area contributed by atoms with E-state index in [0.717, 1.165) is 31.0 Å². The smallest absolute Gasteiger partial charge is 0.0544 e. The Morgan fingerprint density at radius 3 is 2.13 bits per heavy atom. The molecule has 116 valence electrons. The number of rotatable bonds is 6. The molecule has 0 unspecified atom stereocenters. The van der Waals surface area contributed by atoms with Crippen LogP contribution >= 0.6 is 0 Å². The van der Waals surface area contributed by atoms with Crippen LogP contribution in [-0.4, -0.2) is 14.9 Å². The highest BCUT2D eigenvalue weighted by Crippen LogP contribution is 2.12. The van der Waals surface area contributed by atoms with Crippen LogP contribution < -0.4 is 0 Å². The van der Waals surface area contributed by atoms with Gasteiger partial charge in [-0.1, -0.05) is 42.5 Å². The Kier molecular flexibility index (Phi) is 5.12. The van der Waals surface area contributed by atoms with Gasteiger partial charge < -0.3 is 0 Å². The molecule has 0 aliphatic rings. The van der Waals surface area contributed by atoms with Gasteiger partial charge in [-0.2, -0.15) is 0 Å². The molecule has 0 radical (unpaired) electrons. The SMILES string of the molecule is Cc1ccc(CN(Cc2ccccc2)Cc2ccccn2)nc1. The Morgan fingerprint density at radius 2 is 1.48 bits per heavy atom. The van der Waals surface area contributed by atoms with Crippen LogP contribution in [0.15, 0.2) is 73.1 Å². The van der Waals surface area contributed by atoms with E-state index in [1.165, 1.54) is 11.1 Å². The van der Waals surface area contributed by atoms with Gasteiger partial charge in [0.1, 0.15) is 0 Å². The largest absolute Gasteiger partial charge is 0.287 e. The second-order valence-electron chi connectivity index (χ2n) is 5.78. The Balaban J connectivity index is 1.76. The quantitative estimate of drug-likeness (QED) is 0.689. The van der Waals surface area contributed by atoms with Crippen molar-refractivity contribution in [2.75, 3.05) is 0 Å². The van der Waals surface area contributed by atoms with Crippen LogP contribution in [0.25, 0.3) is 0 Å². The third-order valence-corrected chi connectivity index (χ3v) is 3.72. The van der Waals surface area contributed by atoms with Crippen LogP contribution in [0.4, 0.5) is 0 Å². The number of pyridine rings is 2. The Bertz CT molecular complexity index is 667. The number of nitrogens with zero attached hydrogens (tertiary/aromatic N) is 3. The highest BCUT2D eigenvalue weighted by atomic mass is 15.1. The second-order valence-corrected chi connectivity index (χ2v) is 5.78. The molecule has 3 heteroatoms.